The normalized spacial score (nSPS) is 12.5. The molecule has 0 bridgehead atoms. The molecule has 0 aliphatic heterocycles. The third kappa shape index (κ3) is 4.02. The van der Waals surface area contributed by atoms with Crippen molar-refractivity contribution in [2.24, 2.45) is 0 Å². The number of nitrogens with zero attached hydrogens (tertiary/aromatic N) is 1. The maximum Gasteiger partial charge on any atom is 0.211 e. The lowest BCUT2D eigenvalue weighted by Gasteiger charge is -2.22. The standard InChI is InChI=1S/C10H18B3NO/c1-9(2,3)7-4-5-8(14-6-7)15-10(11,12)13/h4-6H,11-13H2,1-3H3. The zero-order chi connectivity index (χ0) is 11.7. The first kappa shape index (κ1) is 12.2. The predicted octanol–water partition coefficient (Wildman–Crippen LogP) is -0.732. The van der Waals surface area contributed by atoms with E-state index in [1.165, 1.54) is 5.56 Å². The van der Waals surface area contributed by atoms with Crippen LogP contribution in [0.1, 0.15) is 26.3 Å². The van der Waals surface area contributed by atoms with E-state index in [0.29, 0.717) is 5.88 Å². The first-order valence-corrected chi connectivity index (χ1v) is 5.34. The molecule has 0 spiro atoms. The molecule has 0 radical (unpaired) electrons. The van der Waals surface area contributed by atoms with Gasteiger partial charge in [0, 0.05) is 17.6 Å². The van der Waals surface area contributed by atoms with Crippen molar-refractivity contribution in [1.82, 2.24) is 4.98 Å². The van der Waals surface area contributed by atoms with Gasteiger partial charge in [0.1, 0.15) is 23.5 Å². The molecular formula is C10H18B3NO. The molecule has 2 nitrogen and oxygen atoms in total. The van der Waals surface area contributed by atoms with Crippen LogP contribution in [0, 0.1) is 0 Å². The number of ether oxygens (including phenoxy) is 1. The average molecular weight is 201 g/mol. The molecular weight excluding hydrogens is 183 g/mol. The molecule has 0 aromatic carbocycles. The van der Waals surface area contributed by atoms with Crippen molar-refractivity contribution in [2.45, 2.75) is 31.5 Å². The minimum Gasteiger partial charge on any atom is -0.499 e. The van der Waals surface area contributed by atoms with E-state index in [4.69, 9.17) is 4.74 Å². The van der Waals surface area contributed by atoms with E-state index in [2.05, 4.69) is 31.8 Å². The van der Waals surface area contributed by atoms with Gasteiger partial charge in [-0.25, -0.2) is 4.98 Å². The van der Waals surface area contributed by atoms with Gasteiger partial charge in [0.15, 0.2) is 0 Å². The summed E-state index contributed by atoms with van der Waals surface area (Å²) in [6.45, 7) is 6.52. The van der Waals surface area contributed by atoms with Crippen LogP contribution in [0.2, 0.25) is 0 Å². The fourth-order valence-corrected chi connectivity index (χ4v) is 1.20. The van der Waals surface area contributed by atoms with Crippen LogP contribution in [0.3, 0.4) is 0 Å². The number of hydrogen-bond donors (Lipinski definition) is 0. The topological polar surface area (TPSA) is 22.1 Å². The zero-order valence-electron chi connectivity index (χ0n) is 10.6. The minimum atomic E-state index is -0.184. The molecule has 0 aliphatic carbocycles. The number of aromatic nitrogens is 1. The molecule has 0 saturated carbocycles. The average Bonchev–Trinajstić information content (AvgIpc) is 2.00. The molecule has 0 fully saturated rings. The van der Waals surface area contributed by atoms with Gasteiger partial charge in [-0.3, -0.25) is 0 Å². The summed E-state index contributed by atoms with van der Waals surface area (Å²) in [5.41, 5.74) is 1.37. The van der Waals surface area contributed by atoms with Crippen LogP contribution < -0.4 is 4.74 Å². The Morgan fingerprint density at radius 2 is 1.73 bits per heavy atom. The lowest BCUT2D eigenvalue weighted by atomic mass is 9.52. The van der Waals surface area contributed by atoms with Crippen molar-refractivity contribution >= 4 is 23.5 Å². The lowest BCUT2D eigenvalue weighted by molar-refractivity contribution is 0.305. The van der Waals surface area contributed by atoms with E-state index in [1.807, 2.05) is 35.8 Å². The molecule has 15 heavy (non-hydrogen) atoms. The van der Waals surface area contributed by atoms with Gasteiger partial charge >= 0.3 is 0 Å². The molecule has 1 heterocycles. The van der Waals surface area contributed by atoms with Crippen LogP contribution >= 0.6 is 0 Å². The van der Waals surface area contributed by atoms with Gasteiger partial charge in [-0.15, -0.1) is 0 Å². The van der Waals surface area contributed by atoms with Crippen LogP contribution in [-0.2, 0) is 5.41 Å². The van der Waals surface area contributed by atoms with Gasteiger partial charge in [-0.2, -0.15) is 0 Å². The van der Waals surface area contributed by atoms with Crippen molar-refractivity contribution in [3.8, 4) is 5.88 Å². The van der Waals surface area contributed by atoms with E-state index in [-0.39, 0.29) is 10.7 Å². The van der Waals surface area contributed by atoms with Gasteiger partial charge < -0.3 is 4.74 Å². The fourth-order valence-electron chi connectivity index (χ4n) is 1.20. The Labute approximate surface area is 95.0 Å². The molecule has 5 heteroatoms. The number of pyridine rings is 1. The number of hydrogen-bond acceptors (Lipinski definition) is 2. The summed E-state index contributed by atoms with van der Waals surface area (Å²) < 4.78 is 5.66. The lowest BCUT2D eigenvalue weighted by Crippen LogP contribution is -2.37. The molecule has 0 unspecified atom stereocenters. The maximum atomic E-state index is 5.66. The van der Waals surface area contributed by atoms with Crippen molar-refractivity contribution in [3.63, 3.8) is 0 Å². The van der Waals surface area contributed by atoms with Gasteiger partial charge in [0.25, 0.3) is 0 Å². The second kappa shape index (κ2) is 3.95. The van der Waals surface area contributed by atoms with E-state index in [0.717, 1.165) is 0 Å². The Morgan fingerprint density at radius 3 is 2.07 bits per heavy atom. The van der Waals surface area contributed by atoms with Crippen molar-refractivity contribution in [3.05, 3.63) is 23.9 Å². The third-order valence-electron chi connectivity index (χ3n) is 2.01. The summed E-state index contributed by atoms with van der Waals surface area (Å²) in [6.07, 6.45) is 1.89. The largest absolute Gasteiger partial charge is 0.499 e. The summed E-state index contributed by atoms with van der Waals surface area (Å²) in [5.74, 6) is 0.690. The Hall–Kier alpha value is -0.855. The van der Waals surface area contributed by atoms with E-state index in [1.54, 1.807) is 0 Å². The van der Waals surface area contributed by atoms with Crippen molar-refractivity contribution < 1.29 is 4.74 Å². The summed E-state index contributed by atoms with van der Waals surface area (Å²) in [7, 11) is 6.06. The van der Waals surface area contributed by atoms with Gasteiger partial charge in [-0.05, 0) is 11.0 Å². The zero-order valence-corrected chi connectivity index (χ0v) is 10.6. The van der Waals surface area contributed by atoms with Crippen LogP contribution in [0.15, 0.2) is 18.3 Å². The molecule has 78 valence electrons. The molecule has 1 aromatic rings. The van der Waals surface area contributed by atoms with Gasteiger partial charge in [-0.1, -0.05) is 26.8 Å². The highest BCUT2D eigenvalue weighted by Crippen LogP contribution is 2.22. The van der Waals surface area contributed by atoms with E-state index in [9.17, 15) is 0 Å². The maximum absolute atomic E-state index is 5.66. The first-order valence-electron chi connectivity index (χ1n) is 5.34. The second-order valence-corrected chi connectivity index (χ2v) is 5.85. The highest BCUT2D eigenvalue weighted by atomic mass is 16.5. The second-order valence-electron chi connectivity index (χ2n) is 5.85. The van der Waals surface area contributed by atoms with Crippen LogP contribution in [0.25, 0.3) is 0 Å². The molecule has 0 N–H and O–H groups in total. The first-order chi connectivity index (χ1) is 6.68. The minimum absolute atomic E-state index is 0.146. The SMILES string of the molecule is BC(B)(B)Oc1ccc(C(C)(C)C)cn1. The van der Waals surface area contributed by atoms with Crippen LogP contribution in [0.5, 0.6) is 5.88 Å². The summed E-state index contributed by atoms with van der Waals surface area (Å²) in [5, 5.41) is -0.184. The molecule has 0 atom stereocenters. The highest BCUT2D eigenvalue weighted by molar-refractivity contribution is 6.58. The van der Waals surface area contributed by atoms with Crippen LogP contribution in [-0.4, -0.2) is 33.8 Å². The Bertz CT molecular complexity index is 324. The molecule has 0 aliphatic rings. The Morgan fingerprint density at radius 1 is 1.13 bits per heavy atom. The predicted molar refractivity (Wildman–Crippen MR) is 71.9 cm³/mol. The summed E-state index contributed by atoms with van der Waals surface area (Å²) in [4.78, 5) is 4.31. The van der Waals surface area contributed by atoms with Crippen molar-refractivity contribution in [2.75, 3.05) is 0 Å². The molecule has 0 saturated heterocycles. The highest BCUT2D eigenvalue weighted by Gasteiger charge is 2.16. The number of rotatable bonds is 2. The monoisotopic (exact) mass is 201 g/mol. The molecule has 0 amide bonds. The summed E-state index contributed by atoms with van der Waals surface area (Å²) in [6, 6.07) is 4.01. The molecule has 1 rings (SSSR count). The van der Waals surface area contributed by atoms with Gasteiger partial charge in [0.05, 0.1) is 0 Å². The smallest absolute Gasteiger partial charge is 0.211 e. The fraction of sp³-hybridized carbons (Fsp3) is 0.500. The molecule has 1 aromatic heterocycles. The van der Waals surface area contributed by atoms with E-state index >= 15 is 0 Å². The Balaban J connectivity index is 2.82. The Kier molecular flexibility index (Phi) is 3.22. The van der Waals surface area contributed by atoms with Crippen molar-refractivity contribution in [1.29, 1.82) is 0 Å². The van der Waals surface area contributed by atoms with Crippen LogP contribution in [0.4, 0.5) is 0 Å². The third-order valence-corrected chi connectivity index (χ3v) is 2.01. The quantitative estimate of drug-likeness (QED) is 0.588. The summed E-state index contributed by atoms with van der Waals surface area (Å²) >= 11 is 0. The van der Waals surface area contributed by atoms with Gasteiger partial charge in [0.2, 0.25) is 5.88 Å². The van der Waals surface area contributed by atoms with E-state index < -0.39 is 0 Å².